The number of nitrogens with one attached hydrogen (secondary N) is 1. The first-order valence-corrected chi connectivity index (χ1v) is 9.66. The van der Waals surface area contributed by atoms with E-state index in [0.29, 0.717) is 0 Å². The molecule has 132 valence electrons. The van der Waals surface area contributed by atoms with E-state index in [1.807, 2.05) is 60.0 Å². The maximum atomic E-state index is 12.4. The van der Waals surface area contributed by atoms with Crippen LogP contribution in [0.3, 0.4) is 0 Å². The monoisotopic (exact) mass is 364 g/mol. The van der Waals surface area contributed by atoms with E-state index in [-0.39, 0.29) is 11.8 Å². The van der Waals surface area contributed by atoms with Crippen LogP contribution in [-0.2, 0) is 4.79 Å². The van der Waals surface area contributed by atoms with Crippen molar-refractivity contribution in [2.24, 2.45) is 5.92 Å². The normalized spacial score (nSPS) is 15.0. The van der Waals surface area contributed by atoms with Crippen LogP contribution in [0.25, 0.3) is 10.6 Å². The Labute approximate surface area is 156 Å². The van der Waals surface area contributed by atoms with Crippen molar-refractivity contribution in [3.05, 3.63) is 60.0 Å². The number of amides is 1. The molecule has 3 heterocycles. The van der Waals surface area contributed by atoms with Crippen LogP contribution in [0.1, 0.15) is 12.8 Å². The standard InChI is InChI=1S/C20H20N4OS/c25-20(21-16-5-2-1-3-6-16)15-10-12-24(13-11-15)19-9-8-17(22-23-19)18-7-4-14-26-18/h1-9,14-15H,10-13H2,(H,21,25). The highest BCUT2D eigenvalue weighted by atomic mass is 32.1. The van der Waals surface area contributed by atoms with Gasteiger partial charge in [-0.25, -0.2) is 0 Å². The van der Waals surface area contributed by atoms with E-state index in [4.69, 9.17) is 0 Å². The molecule has 1 aliphatic rings. The van der Waals surface area contributed by atoms with E-state index < -0.39 is 0 Å². The van der Waals surface area contributed by atoms with Gasteiger partial charge in [-0.05, 0) is 48.6 Å². The van der Waals surface area contributed by atoms with Gasteiger partial charge in [0.2, 0.25) is 5.91 Å². The van der Waals surface area contributed by atoms with E-state index in [1.165, 1.54) is 0 Å². The lowest BCUT2D eigenvalue weighted by atomic mass is 9.96. The SMILES string of the molecule is O=C(Nc1ccccc1)C1CCN(c2ccc(-c3cccs3)nn2)CC1. The molecule has 0 bridgehead atoms. The van der Waals surface area contributed by atoms with E-state index >= 15 is 0 Å². The third kappa shape index (κ3) is 3.75. The number of hydrogen-bond donors (Lipinski definition) is 1. The van der Waals surface area contributed by atoms with Crippen molar-refractivity contribution in [1.82, 2.24) is 10.2 Å². The smallest absolute Gasteiger partial charge is 0.227 e. The fourth-order valence-electron chi connectivity index (χ4n) is 3.19. The van der Waals surface area contributed by atoms with Crippen molar-refractivity contribution >= 4 is 28.7 Å². The average molecular weight is 364 g/mol. The third-order valence-electron chi connectivity index (χ3n) is 4.66. The summed E-state index contributed by atoms with van der Waals surface area (Å²) in [5.41, 5.74) is 1.76. The van der Waals surface area contributed by atoms with Gasteiger partial charge in [0, 0.05) is 24.7 Å². The molecule has 1 aliphatic heterocycles. The zero-order valence-electron chi connectivity index (χ0n) is 14.3. The number of carbonyl (C=O) groups is 1. The maximum absolute atomic E-state index is 12.4. The van der Waals surface area contributed by atoms with E-state index in [1.54, 1.807) is 11.3 Å². The van der Waals surface area contributed by atoms with Crippen LogP contribution in [0.4, 0.5) is 11.5 Å². The number of benzene rings is 1. The van der Waals surface area contributed by atoms with Crippen LogP contribution in [0.15, 0.2) is 60.0 Å². The highest BCUT2D eigenvalue weighted by molar-refractivity contribution is 7.13. The molecule has 1 amide bonds. The fourth-order valence-corrected chi connectivity index (χ4v) is 3.88. The summed E-state index contributed by atoms with van der Waals surface area (Å²) in [7, 11) is 0. The lowest BCUT2D eigenvalue weighted by molar-refractivity contribution is -0.120. The second-order valence-electron chi connectivity index (χ2n) is 6.37. The molecule has 0 saturated carbocycles. The highest BCUT2D eigenvalue weighted by Gasteiger charge is 2.25. The Morgan fingerprint density at radius 1 is 1.00 bits per heavy atom. The fraction of sp³-hybridized carbons (Fsp3) is 0.250. The Kier molecular flexibility index (Phi) is 4.93. The maximum Gasteiger partial charge on any atom is 0.227 e. The van der Waals surface area contributed by atoms with E-state index in [0.717, 1.165) is 48.0 Å². The van der Waals surface area contributed by atoms with E-state index in [2.05, 4.69) is 20.4 Å². The molecule has 0 atom stereocenters. The number of thiophene rings is 1. The summed E-state index contributed by atoms with van der Waals surface area (Å²) in [4.78, 5) is 15.8. The predicted octanol–water partition coefficient (Wildman–Crippen LogP) is 4.06. The summed E-state index contributed by atoms with van der Waals surface area (Å²) in [6.45, 7) is 1.64. The first-order chi connectivity index (χ1) is 12.8. The molecular weight excluding hydrogens is 344 g/mol. The molecule has 0 radical (unpaired) electrons. The van der Waals surface area contributed by atoms with Crippen molar-refractivity contribution < 1.29 is 4.79 Å². The molecule has 1 N–H and O–H groups in total. The first-order valence-electron chi connectivity index (χ1n) is 8.78. The molecule has 0 aliphatic carbocycles. The molecule has 1 aromatic carbocycles. The molecule has 3 aromatic rings. The molecule has 4 rings (SSSR count). The van der Waals surface area contributed by atoms with Gasteiger partial charge in [0.15, 0.2) is 5.82 Å². The highest BCUT2D eigenvalue weighted by Crippen LogP contribution is 2.26. The molecule has 6 heteroatoms. The summed E-state index contributed by atoms with van der Waals surface area (Å²) >= 11 is 1.66. The number of hydrogen-bond acceptors (Lipinski definition) is 5. The third-order valence-corrected chi connectivity index (χ3v) is 5.55. The van der Waals surface area contributed by atoms with Crippen LogP contribution >= 0.6 is 11.3 Å². The Morgan fingerprint density at radius 2 is 1.81 bits per heavy atom. The minimum absolute atomic E-state index is 0.0461. The van der Waals surface area contributed by atoms with Gasteiger partial charge in [-0.15, -0.1) is 21.5 Å². The Hall–Kier alpha value is -2.73. The molecule has 0 spiro atoms. The van der Waals surface area contributed by atoms with Gasteiger partial charge in [-0.3, -0.25) is 4.79 Å². The number of aromatic nitrogens is 2. The van der Waals surface area contributed by atoms with Gasteiger partial charge in [-0.2, -0.15) is 0 Å². The van der Waals surface area contributed by atoms with Crippen molar-refractivity contribution in [1.29, 1.82) is 0 Å². The number of nitrogens with zero attached hydrogens (tertiary/aromatic N) is 3. The Bertz CT molecular complexity index is 841. The van der Waals surface area contributed by atoms with Crippen LogP contribution in [0.5, 0.6) is 0 Å². The Morgan fingerprint density at radius 3 is 2.46 bits per heavy atom. The van der Waals surface area contributed by atoms with Gasteiger partial charge in [0.05, 0.1) is 4.88 Å². The molecule has 0 unspecified atom stereocenters. The van der Waals surface area contributed by atoms with Crippen molar-refractivity contribution in [3.8, 4) is 10.6 Å². The van der Waals surface area contributed by atoms with Crippen LogP contribution < -0.4 is 10.2 Å². The lowest BCUT2D eigenvalue weighted by Crippen LogP contribution is -2.38. The quantitative estimate of drug-likeness (QED) is 0.758. The average Bonchev–Trinajstić information content (AvgIpc) is 3.24. The summed E-state index contributed by atoms with van der Waals surface area (Å²) in [6, 6.07) is 17.7. The van der Waals surface area contributed by atoms with Gasteiger partial charge >= 0.3 is 0 Å². The minimum atomic E-state index is 0.0461. The van der Waals surface area contributed by atoms with Crippen molar-refractivity contribution in [2.45, 2.75) is 12.8 Å². The number of para-hydroxylation sites is 1. The molecule has 26 heavy (non-hydrogen) atoms. The van der Waals surface area contributed by atoms with Gasteiger partial charge in [0.25, 0.3) is 0 Å². The second-order valence-corrected chi connectivity index (χ2v) is 7.32. The molecule has 1 fully saturated rings. The van der Waals surface area contributed by atoms with Crippen LogP contribution in [0, 0.1) is 5.92 Å². The van der Waals surface area contributed by atoms with Crippen molar-refractivity contribution in [3.63, 3.8) is 0 Å². The number of piperidine rings is 1. The molecule has 5 nitrogen and oxygen atoms in total. The van der Waals surface area contributed by atoms with Gasteiger partial charge < -0.3 is 10.2 Å². The summed E-state index contributed by atoms with van der Waals surface area (Å²) < 4.78 is 0. The zero-order chi connectivity index (χ0) is 17.8. The zero-order valence-corrected chi connectivity index (χ0v) is 15.2. The summed E-state index contributed by atoms with van der Waals surface area (Å²) in [5, 5.41) is 13.8. The summed E-state index contributed by atoms with van der Waals surface area (Å²) in [5.74, 6) is 1.03. The van der Waals surface area contributed by atoms with Gasteiger partial charge in [-0.1, -0.05) is 24.3 Å². The molecule has 2 aromatic heterocycles. The largest absolute Gasteiger partial charge is 0.355 e. The minimum Gasteiger partial charge on any atom is -0.355 e. The number of carbonyl (C=O) groups excluding carboxylic acids is 1. The van der Waals surface area contributed by atoms with E-state index in [9.17, 15) is 4.79 Å². The lowest BCUT2D eigenvalue weighted by Gasteiger charge is -2.31. The number of rotatable bonds is 4. The summed E-state index contributed by atoms with van der Waals surface area (Å²) in [6.07, 6.45) is 1.65. The molecule has 1 saturated heterocycles. The van der Waals surface area contributed by atoms with Gasteiger partial charge in [0.1, 0.15) is 5.69 Å². The van der Waals surface area contributed by atoms with Crippen LogP contribution in [0.2, 0.25) is 0 Å². The second kappa shape index (κ2) is 7.66. The first kappa shape index (κ1) is 16.7. The predicted molar refractivity (Wildman–Crippen MR) is 105 cm³/mol. The van der Waals surface area contributed by atoms with Crippen LogP contribution in [-0.4, -0.2) is 29.2 Å². The topological polar surface area (TPSA) is 58.1 Å². The Balaban J connectivity index is 1.34. The number of anilines is 2. The van der Waals surface area contributed by atoms with Crippen molar-refractivity contribution in [2.75, 3.05) is 23.3 Å². The molecular formula is C20H20N4OS.